The SMILES string of the molecule is C/C(NCCC(C)(C)C)=C(C=N)\C(O)=C1/C/C=C\N(C)N(F)c2cccc(Cl)c2C1=N. The average Bonchev–Trinajstić information content (AvgIpc) is 2.72. The molecule has 0 amide bonds. The Labute approximate surface area is 188 Å². The molecule has 1 aliphatic heterocycles. The predicted octanol–water partition coefficient (Wildman–Crippen LogP) is 5.92. The third-order valence-electron chi connectivity index (χ3n) is 5.02. The number of nitrogens with one attached hydrogen (secondary N) is 3. The molecule has 1 aromatic rings. The Morgan fingerprint density at radius 3 is 2.65 bits per heavy atom. The Morgan fingerprint density at radius 2 is 2.03 bits per heavy atom. The molecule has 0 radical (unpaired) electrons. The van der Waals surface area contributed by atoms with E-state index in [4.69, 9.17) is 22.4 Å². The van der Waals surface area contributed by atoms with Crippen LogP contribution < -0.4 is 10.5 Å². The number of benzene rings is 1. The molecule has 1 aliphatic rings. The highest BCUT2D eigenvalue weighted by atomic mass is 35.5. The van der Waals surface area contributed by atoms with Gasteiger partial charge in [-0.15, -0.1) is 5.23 Å². The number of hydrogen-bond acceptors (Lipinski definition) is 6. The van der Waals surface area contributed by atoms with E-state index in [-0.39, 0.29) is 50.7 Å². The second-order valence-electron chi connectivity index (χ2n) is 8.68. The lowest BCUT2D eigenvalue weighted by molar-refractivity contribution is 0.238. The van der Waals surface area contributed by atoms with E-state index in [0.717, 1.165) is 12.6 Å². The maximum absolute atomic E-state index is 14.9. The topological polar surface area (TPSA) is 86.4 Å². The predicted molar refractivity (Wildman–Crippen MR) is 127 cm³/mol. The summed E-state index contributed by atoms with van der Waals surface area (Å²) in [4.78, 5) is 0. The van der Waals surface area contributed by atoms with Gasteiger partial charge in [0, 0.05) is 42.8 Å². The van der Waals surface area contributed by atoms with Crippen molar-refractivity contribution in [2.24, 2.45) is 5.41 Å². The van der Waals surface area contributed by atoms with E-state index in [1.54, 1.807) is 25.1 Å². The molecule has 1 heterocycles. The Kier molecular flexibility index (Phi) is 7.90. The van der Waals surface area contributed by atoms with Crippen LogP contribution in [-0.4, -0.2) is 35.6 Å². The second-order valence-corrected chi connectivity index (χ2v) is 9.09. The van der Waals surface area contributed by atoms with E-state index in [1.807, 2.05) is 0 Å². The third-order valence-corrected chi connectivity index (χ3v) is 5.33. The van der Waals surface area contributed by atoms with Gasteiger partial charge in [0.2, 0.25) is 0 Å². The maximum atomic E-state index is 14.9. The van der Waals surface area contributed by atoms with Crippen LogP contribution in [0.3, 0.4) is 0 Å². The summed E-state index contributed by atoms with van der Waals surface area (Å²) in [5.41, 5.74) is 1.48. The van der Waals surface area contributed by atoms with Crippen molar-refractivity contribution >= 4 is 29.2 Å². The van der Waals surface area contributed by atoms with Crippen LogP contribution in [0.2, 0.25) is 5.02 Å². The first kappa shape index (κ1) is 24.5. The van der Waals surface area contributed by atoms with Gasteiger partial charge in [-0.25, -0.2) is 0 Å². The number of aliphatic hydroxyl groups is 1. The van der Waals surface area contributed by atoms with E-state index < -0.39 is 0 Å². The maximum Gasteiger partial charge on any atom is 0.131 e. The summed E-state index contributed by atoms with van der Waals surface area (Å²) in [6.45, 7) is 8.89. The van der Waals surface area contributed by atoms with E-state index in [2.05, 4.69) is 26.1 Å². The van der Waals surface area contributed by atoms with Crippen molar-refractivity contribution in [1.29, 1.82) is 10.8 Å². The first-order valence-corrected chi connectivity index (χ1v) is 10.5. The van der Waals surface area contributed by atoms with E-state index >= 15 is 0 Å². The minimum absolute atomic E-state index is 0.0947. The number of aliphatic hydroxyl groups excluding tert-OH is 1. The van der Waals surface area contributed by atoms with Crippen LogP contribution in [-0.2, 0) is 0 Å². The molecule has 4 N–H and O–H groups in total. The van der Waals surface area contributed by atoms with Crippen LogP contribution in [0.4, 0.5) is 10.2 Å². The van der Waals surface area contributed by atoms with Gasteiger partial charge in [-0.3, -0.25) is 10.4 Å². The summed E-state index contributed by atoms with van der Waals surface area (Å²) in [5.74, 6) is -0.203. The molecule has 0 aliphatic carbocycles. The highest BCUT2D eigenvalue weighted by molar-refractivity contribution is 6.36. The number of halogens is 2. The van der Waals surface area contributed by atoms with Crippen molar-refractivity contribution in [2.75, 3.05) is 18.8 Å². The lowest BCUT2D eigenvalue weighted by Gasteiger charge is -2.25. The van der Waals surface area contributed by atoms with Gasteiger partial charge in [0.1, 0.15) is 11.4 Å². The zero-order valence-electron chi connectivity index (χ0n) is 18.7. The number of hydrazine groups is 1. The van der Waals surface area contributed by atoms with Gasteiger partial charge >= 0.3 is 0 Å². The first-order valence-electron chi connectivity index (χ1n) is 10.1. The number of rotatable bonds is 5. The Morgan fingerprint density at radius 1 is 1.35 bits per heavy atom. The fraction of sp³-hybridized carbons (Fsp3) is 0.391. The molecule has 168 valence electrons. The number of anilines is 1. The molecule has 2 rings (SSSR count). The lowest BCUT2D eigenvalue weighted by atomic mass is 9.92. The molecular weight excluding hydrogens is 417 g/mol. The Hall–Kier alpha value is -2.80. The molecule has 1 aromatic carbocycles. The molecule has 6 nitrogen and oxygen atoms in total. The standard InChI is InChI=1S/C23H31ClFN5O/c1-15(28-12-11-23(2,3)4)17(14-26)22(31)16-8-7-13-29(5)30(25)19-10-6-9-18(24)20(19)21(16)27/h6-7,9-10,13-14,26-28,31H,8,11-12H2,1-5H3/b13-7-,17-15+,22-16-,26-14?,27-21?. The van der Waals surface area contributed by atoms with Crippen molar-refractivity contribution < 1.29 is 9.59 Å². The molecule has 0 saturated carbocycles. The minimum Gasteiger partial charge on any atom is -0.507 e. The van der Waals surface area contributed by atoms with E-state index in [9.17, 15) is 9.59 Å². The van der Waals surface area contributed by atoms with Crippen molar-refractivity contribution in [3.05, 3.63) is 63.7 Å². The van der Waals surface area contributed by atoms with Gasteiger partial charge in [-0.05, 0) is 37.3 Å². The van der Waals surface area contributed by atoms with E-state index in [1.165, 1.54) is 24.3 Å². The largest absolute Gasteiger partial charge is 0.507 e. The van der Waals surface area contributed by atoms with Crippen LogP contribution in [0.1, 0.15) is 46.1 Å². The summed E-state index contributed by atoms with van der Waals surface area (Å²) < 4.78 is 14.9. The van der Waals surface area contributed by atoms with Gasteiger partial charge in [0.25, 0.3) is 0 Å². The summed E-state index contributed by atoms with van der Waals surface area (Å²) in [6.07, 6.45) is 5.30. The van der Waals surface area contributed by atoms with Gasteiger partial charge in [-0.2, -0.15) is 0 Å². The molecular formula is C23H31ClFN5O. The molecule has 0 unspecified atom stereocenters. The zero-order valence-corrected chi connectivity index (χ0v) is 19.4. The van der Waals surface area contributed by atoms with Gasteiger partial charge in [0.15, 0.2) is 0 Å². The monoisotopic (exact) mass is 447 g/mol. The molecule has 0 fully saturated rings. The average molecular weight is 448 g/mol. The van der Waals surface area contributed by atoms with Crippen molar-refractivity contribution in [1.82, 2.24) is 10.3 Å². The molecule has 0 bridgehead atoms. The fourth-order valence-electron chi connectivity index (χ4n) is 3.17. The lowest BCUT2D eigenvalue weighted by Crippen LogP contribution is -2.29. The van der Waals surface area contributed by atoms with Gasteiger partial charge in [-0.1, -0.05) is 49.0 Å². The quantitative estimate of drug-likeness (QED) is 0.256. The van der Waals surface area contributed by atoms with Crippen LogP contribution in [0.15, 0.2) is 53.1 Å². The van der Waals surface area contributed by atoms with Crippen LogP contribution in [0, 0.1) is 16.2 Å². The van der Waals surface area contributed by atoms with Crippen molar-refractivity contribution in [2.45, 2.75) is 40.5 Å². The Bertz CT molecular complexity index is 946. The summed E-state index contributed by atoms with van der Waals surface area (Å²) in [5, 5.41) is 32.8. The molecule has 0 aromatic heterocycles. The van der Waals surface area contributed by atoms with Gasteiger partial charge in [0.05, 0.1) is 16.3 Å². The first-order chi connectivity index (χ1) is 14.5. The molecule has 8 heteroatoms. The Balaban J connectivity index is 2.57. The molecule has 0 spiro atoms. The number of nitrogens with zero attached hydrogens (tertiary/aromatic N) is 2. The number of allylic oxidation sites excluding steroid dienone is 4. The summed E-state index contributed by atoms with van der Waals surface area (Å²) in [6, 6.07) is 4.70. The molecule has 31 heavy (non-hydrogen) atoms. The number of fused-ring (bicyclic) bond motifs is 1. The summed E-state index contributed by atoms with van der Waals surface area (Å²) in [7, 11) is 1.53. The molecule has 0 saturated heterocycles. The highest BCUT2D eigenvalue weighted by Crippen LogP contribution is 2.34. The highest BCUT2D eigenvalue weighted by Gasteiger charge is 2.25. The van der Waals surface area contributed by atoms with Crippen LogP contribution >= 0.6 is 11.6 Å². The number of hydrogen-bond donors (Lipinski definition) is 4. The summed E-state index contributed by atoms with van der Waals surface area (Å²) >= 11 is 6.34. The van der Waals surface area contributed by atoms with Crippen molar-refractivity contribution in [3.8, 4) is 0 Å². The minimum atomic E-state index is -0.203. The fourth-order valence-corrected chi connectivity index (χ4v) is 3.43. The van der Waals surface area contributed by atoms with Crippen molar-refractivity contribution in [3.63, 3.8) is 0 Å². The second kappa shape index (κ2) is 10.0. The smallest absolute Gasteiger partial charge is 0.131 e. The third kappa shape index (κ3) is 5.88. The van der Waals surface area contributed by atoms with E-state index in [0.29, 0.717) is 17.5 Å². The normalized spacial score (nSPS) is 18.4. The molecule has 0 atom stereocenters. The zero-order chi connectivity index (χ0) is 23.3. The van der Waals surface area contributed by atoms with Gasteiger partial charge < -0.3 is 15.8 Å². The van der Waals surface area contributed by atoms with Crippen LogP contribution in [0.25, 0.3) is 0 Å². The van der Waals surface area contributed by atoms with Crippen LogP contribution in [0.5, 0.6) is 0 Å².